The molecule has 3 atom stereocenters. The number of aryl methyl sites for hydroxylation is 2. The van der Waals surface area contributed by atoms with Crippen molar-refractivity contribution in [3.05, 3.63) is 35.4 Å². The van der Waals surface area contributed by atoms with Gasteiger partial charge >= 0.3 is 0 Å². The Balaban J connectivity index is 2.73. The smallest absolute Gasteiger partial charge is 0.126 e. The SMILES string of the molecule is CCCCPc1c(OC)ccc(C)c1-c1c(PC)cc(C)cc1PC. The van der Waals surface area contributed by atoms with Gasteiger partial charge in [0.2, 0.25) is 0 Å². The molecule has 3 unspecified atom stereocenters. The number of rotatable bonds is 8. The molecule has 2 aromatic rings. The van der Waals surface area contributed by atoms with Gasteiger partial charge in [-0.25, -0.2) is 0 Å². The first kappa shape index (κ1) is 20.8. The second-order valence-corrected chi connectivity index (χ2v) is 9.78. The molecule has 0 N–H and O–H groups in total. The third kappa shape index (κ3) is 4.83. The van der Waals surface area contributed by atoms with Crippen molar-refractivity contribution in [3.8, 4) is 16.9 Å². The molecule has 0 saturated carbocycles. The Morgan fingerprint density at radius 3 is 2.12 bits per heavy atom. The molecule has 0 spiro atoms. The quantitative estimate of drug-likeness (QED) is 0.456. The molecule has 0 aliphatic carbocycles. The maximum Gasteiger partial charge on any atom is 0.126 e. The lowest BCUT2D eigenvalue weighted by molar-refractivity contribution is 0.418. The van der Waals surface area contributed by atoms with Crippen molar-refractivity contribution in [2.75, 3.05) is 26.6 Å². The third-order valence-electron chi connectivity index (χ3n) is 4.50. The molecule has 1 nitrogen and oxygen atoms in total. The summed E-state index contributed by atoms with van der Waals surface area (Å²) in [5.74, 6) is 1.06. The fourth-order valence-electron chi connectivity index (χ4n) is 3.20. The molecule has 0 heterocycles. The summed E-state index contributed by atoms with van der Waals surface area (Å²) in [6, 6.07) is 9.15. The number of unbranched alkanes of at least 4 members (excludes halogenated alkanes) is 1. The number of methoxy groups -OCH3 is 1. The van der Waals surface area contributed by atoms with Crippen LogP contribution in [0.15, 0.2) is 24.3 Å². The molecular weight excluding hydrogens is 361 g/mol. The molecule has 136 valence electrons. The summed E-state index contributed by atoms with van der Waals surface area (Å²) < 4.78 is 5.78. The first-order chi connectivity index (χ1) is 12.1. The molecule has 0 saturated heterocycles. The molecule has 2 rings (SSSR count). The van der Waals surface area contributed by atoms with E-state index in [-0.39, 0.29) is 0 Å². The van der Waals surface area contributed by atoms with Gasteiger partial charge in [0.1, 0.15) is 5.75 Å². The summed E-state index contributed by atoms with van der Waals surface area (Å²) >= 11 is 0. The molecule has 0 aliphatic heterocycles. The van der Waals surface area contributed by atoms with E-state index >= 15 is 0 Å². The minimum absolute atomic E-state index is 0.809. The normalized spacial score (nSPS) is 12.4. The molecule has 0 fully saturated rings. The van der Waals surface area contributed by atoms with E-state index in [0.29, 0.717) is 0 Å². The van der Waals surface area contributed by atoms with Gasteiger partial charge in [0.15, 0.2) is 0 Å². The predicted octanol–water partition coefficient (Wildman–Crippen LogP) is 4.95. The highest BCUT2D eigenvalue weighted by molar-refractivity contribution is 7.49. The summed E-state index contributed by atoms with van der Waals surface area (Å²) in [7, 11) is 4.24. The molecule has 25 heavy (non-hydrogen) atoms. The van der Waals surface area contributed by atoms with Crippen molar-refractivity contribution in [1.82, 2.24) is 0 Å². The van der Waals surface area contributed by atoms with Gasteiger partial charge in [-0.3, -0.25) is 0 Å². The molecular formula is C21H31OP3. The summed E-state index contributed by atoms with van der Waals surface area (Å²) in [6.45, 7) is 11.4. The van der Waals surface area contributed by atoms with Crippen molar-refractivity contribution in [2.45, 2.75) is 33.6 Å². The minimum Gasteiger partial charge on any atom is -0.496 e. The highest BCUT2D eigenvalue weighted by Gasteiger charge is 2.19. The van der Waals surface area contributed by atoms with Gasteiger partial charge in [0.05, 0.1) is 7.11 Å². The van der Waals surface area contributed by atoms with E-state index in [1.807, 2.05) is 7.11 Å². The standard InChI is InChI=1S/C21H31OP3/c1-7-8-11-25-21-16(22-4)10-9-15(3)19(21)20-17(23-5)12-14(2)13-18(20)24-6/h9-10,12-13,23-25H,7-8,11H2,1-6H3. The van der Waals surface area contributed by atoms with Crippen LogP contribution in [0.3, 0.4) is 0 Å². The molecule has 2 aromatic carbocycles. The van der Waals surface area contributed by atoms with Crippen LogP contribution >= 0.6 is 25.7 Å². The molecule has 0 aliphatic rings. The summed E-state index contributed by atoms with van der Waals surface area (Å²) in [6.07, 6.45) is 3.79. The van der Waals surface area contributed by atoms with Crippen molar-refractivity contribution in [2.24, 2.45) is 0 Å². The van der Waals surface area contributed by atoms with Crippen LogP contribution in [0.4, 0.5) is 0 Å². The summed E-state index contributed by atoms with van der Waals surface area (Å²) in [4.78, 5) is 0. The Kier molecular flexibility index (Phi) is 8.35. The summed E-state index contributed by atoms with van der Waals surface area (Å²) in [5.41, 5.74) is 5.70. The van der Waals surface area contributed by atoms with Gasteiger partial charge in [-0.1, -0.05) is 57.3 Å². The van der Waals surface area contributed by atoms with Crippen LogP contribution < -0.4 is 20.7 Å². The van der Waals surface area contributed by atoms with Gasteiger partial charge in [-0.05, 0) is 78.7 Å². The van der Waals surface area contributed by atoms with E-state index < -0.39 is 0 Å². The lowest BCUT2D eigenvalue weighted by Crippen LogP contribution is -2.19. The molecule has 4 heteroatoms. The molecule has 0 amide bonds. The van der Waals surface area contributed by atoms with Crippen molar-refractivity contribution >= 4 is 41.7 Å². The number of ether oxygens (including phenoxy) is 1. The number of hydrogen-bond acceptors (Lipinski definition) is 1. The fourth-order valence-corrected chi connectivity index (χ4v) is 6.72. The average molecular weight is 392 g/mol. The van der Waals surface area contributed by atoms with E-state index in [9.17, 15) is 0 Å². The molecule has 0 radical (unpaired) electrons. The fraction of sp³-hybridized carbons (Fsp3) is 0.429. The second kappa shape index (κ2) is 10.0. The van der Waals surface area contributed by atoms with Crippen molar-refractivity contribution in [1.29, 1.82) is 0 Å². The van der Waals surface area contributed by atoms with Crippen LogP contribution in [0.5, 0.6) is 5.75 Å². The zero-order valence-corrected chi connectivity index (χ0v) is 19.3. The van der Waals surface area contributed by atoms with Gasteiger partial charge in [0, 0.05) is 5.30 Å². The number of hydrogen-bond donors (Lipinski definition) is 0. The Labute approximate surface area is 159 Å². The first-order valence-corrected chi connectivity index (χ1v) is 13.2. The molecule has 0 bridgehead atoms. The van der Waals surface area contributed by atoms with E-state index in [1.54, 1.807) is 0 Å². The highest BCUT2D eigenvalue weighted by atomic mass is 31.1. The predicted molar refractivity (Wildman–Crippen MR) is 123 cm³/mol. The van der Waals surface area contributed by atoms with E-state index in [1.165, 1.54) is 57.2 Å². The first-order valence-electron chi connectivity index (χ1n) is 8.99. The van der Waals surface area contributed by atoms with Crippen LogP contribution in [-0.2, 0) is 0 Å². The Morgan fingerprint density at radius 2 is 1.60 bits per heavy atom. The average Bonchev–Trinajstić information content (AvgIpc) is 2.62. The Bertz CT molecular complexity index is 700. The largest absolute Gasteiger partial charge is 0.496 e. The Hall–Kier alpha value is -0.470. The van der Waals surface area contributed by atoms with Gasteiger partial charge in [-0.15, -0.1) is 0 Å². The van der Waals surface area contributed by atoms with Crippen LogP contribution in [0.1, 0.15) is 30.9 Å². The van der Waals surface area contributed by atoms with Crippen LogP contribution in [0.25, 0.3) is 11.1 Å². The topological polar surface area (TPSA) is 9.23 Å². The van der Waals surface area contributed by atoms with Crippen LogP contribution in [0.2, 0.25) is 0 Å². The van der Waals surface area contributed by atoms with E-state index in [4.69, 9.17) is 4.74 Å². The van der Waals surface area contributed by atoms with Crippen molar-refractivity contribution < 1.29 is 4.74 Å². The number of benzene rings is 2. The highest BCUT2D eigenvalue weighted by Crippen LogP contribution is 2.34. The van der Waals surface area contributed by atoms with Crippen molar-refractivity contribution in [3.63, 3.8) is 0 Å². The zero-order chi connectivity index (χ0) is 18.4. The van der Waals surface area contributed by atoms with Gasteiger partial charge < -0.3 is 4.74 Å². The van der Waals surface area contributed by atoms with Crippen LogP contribution in [0, 0.1) is 13.8 Å². The second-order valence-electron chi connectivity index (χ2n) is 6.35. The van der Waals surface area contributed by atoms with E-state index in [0.717, 1.165) is 31.5 Å². The monoisotopic (exact) mass is 392 g/mol. The third-order valence-corrected chi connectivity index (χ3v) is 7.82. The van der Waals surface area contributed by atoms with E-state index in [2.05, 4.69) is 58.4 Å². The lowest BCUT2D eigenvalue weighted by Gasteiger charge is -2.22. The summed E-state index contributed by atoms with van der Waals surface area (Å²) in [5, 5.41) is 4.43. The maximum absolute atomic E-state index is 5.78. The minimum atomic E-state index is 0.809. The maximum atomic E-state index is 5.78. The Morgan fingerprint density at radius 1 is 0.960 bits per heavy atom. The van der Waals surface area contributed by atoms with Crippen LogP contribution in [-0.4, -0.2) is 26.6 Å². The van der Waals surface area contributed by atoms with Gasteiger partial charge in [-0.2, -0.15) is 0 Å². The molecule has 0 aromatic heterocycles. The van der Waals surface area contributed by atoms with Gasteiger partial charge in [0.25, 0.3) is 0 Å². The lowest BCUT2D eigenvalue weighted by atomic mass is 9.98. The zero-order valence-electron chi connectivity index (χ0n) is 16.3.